The number of likely N-dealkylation sites (N-methyl/N-ethyl adjacent to an activating group) is 1. The Hall–Kier alpha value is -1.06. The van der Waals surface area contributed by atoms with Gasteiger partial charge in [-0.15, -0.1) is 0 Å². The van der Waals surface area contributed by atoms with Crippen LogP contribution in [0.25, 0.3) is 0 Å². The fourth-order valence-electron chi connectivity index (χ4n) is 2.64. The Kier molecular flexibility index (Phi) is 4.83. The number of nitrogens with one attached hydrogen (secondary N) is 1. The van der Waals surface area contributed by atoms with Crippen molar-refractivity contribution in [2.45, 2.75) is 38.8 Å². The summed E-state index contributed by atoms with van der Waals surface area (Å²) in [5.74, 6) is 0.218. The van der Waals surface area contributed by atoms with E-state index in [-0.39, 0.29) is 18.0 Å². The van der Waals surface area contributed by atoms with Crippen molar-refractivity contribution in [3.63, 3.8) is 0 Å². The van der Waals surface area contributed by atoms with Gasteiger partial charge in [-0.05, 0) is 44.0 Å². The lowest BCUT2D eigenvalue weighted by atomic mass is 9.99. The average Bonchev–Trinajstić information content (AvgIpc) is 2.41. The van der Waals surface area contributed by atoms with Crippen molar-refractivity contribution in [3.8, 4) is 0 Å². The third-order valence-electron chi connectivity index (χ3n) is 3.74. The zero-order valence-electron chi connectivity index (χ0n) is 11.5. The maximum atomic E-state index is 12.4. The van der Waals surface area contributed by atoms with Gasteiger partial charge in [0.25, 0.3) is 0 Å². The van der Waals surface area contributed by atoms with E-state index in [0.29, 0.717) is 0 Å². The molecule has 1 heterocycles. The lowest BCUT2D eigenvalue weighted by Gasteiger charge is -2.37. The summed E-state index contributed by atoms with van der Waals surface area (Å²) >= 11 is 5.90. The van der Waals surface area contributed by atoms with Crippen LogP contribution in [0.15, 0.2) is 24.3 Å². The van der Waals surface area contributed by atoms with Crippen LogP contribution in [0.2, 0.25) is 5.02 Å². The number of carbonyl (C=O) groups excluding carboxylic acids is 1. The first-order valence-corrected chi connectivity index (χ1v) is 7.30. The predicted octanol–water partition coefficient (Wildman–Crippen LogP) is 3.00. The molecule has 1 aliphatic rings. The van der Waals surface area contributed by atoms with Crippen molar-refractivity contribution in [2.24, 2.45) is 0 Å². The molecule has 0 spiro atoms. The molecule has 1 aliphatic heterocycles. The van der Waals surface area contributed by atoms with Crippen LogP contribution in [0.3, 0.4) is 0 Å². The maximum absolute atomic E-state index is 12.4. The number of benzene rings is 1. The molecule has 1 fully saturated rings. The van der Waals surface area contributed by atoms with Gasteiger partial charge in [0.1, 0.15) is 0 Å². The van der Waals surface area contributed by atoms with Gasteiger partial charge in [0.2, 0.25) is 5.91 Å². The Morgan fingerprint density at radius 3 is 2.74 bits per heavy atom. The topological polar surface area (TPSA) is 32.3 Å². The van der Waals surface area contributed by atoms with Crippen LogP contribution in [-0.2, 0) is 4.79 Å². The normalized spacial score (nSPS) is 21.5. The van der Waals surface area contributed by atoms with Gasteiger partial charge in [-0.2, -0.15) is 0 Å². The number of likely N-dealkylation sites (tertiary alicyclic amines) is 1. The molecule has 1 aromatic rings. The third-order valence-corrected chi connectivity index (χ3v) is 4.00. The minimum atomic E-state index is -0.0199. The first-order chi connectivity index (χ1) is 9.13. The number of nitrogens with zero attached hydrogens (tertiary/aromatic N) is 1. The van der Waals surface area contributed by atoms with Gasteiger partial charge < -0.3 is 10.2 Å². The highest BCUT2D eigenvalue weighted by molar-refractivity contribution is 6.30. The van der Waals surface area contributed by atoms with Crippen molar-refractivity contribution < 1.29 is 4.79 Å². The van der Waals surface area contributed by atoms with E-state index in [1.54, 1.807) is 0 Å². The van der Waals surface area contributed by atoms with Crippen molar-refractivity contribution >= 4 is 17.5 Å². The van der Waals surface area contributed by atoms with E-state index >= 15 is 0 Å². The fourth-order valence-corrected chi connectivity index (χ4v) is 2.77. The maximum Gasteiger partial charge on any atom is 0.240 e. The number of carbonyl (C=O) groups is 1. The van der Waals surface area contributed by atoms with Crippen molar-refractivity contribution in [1.82, 2.24) is 10.2 Å². The lowest BCUT2D eigenvalue weighted by Crippen LogP contribution is -2.51. The van der Waals surface area contributed by atoms with Crippen LogP contribution >= 0.6 is 11.6 Å². The Labute approximate surface area is 119 Å². The van der Waals surface area contributed by atoms with E-state index in [4.69, 9.17) is 11.6 Å². The molecule has 1 saturated heterocycles. The second-order valence-corrected chi connectivity index (χ2v) is 5.45. The second-order valence-electron chi connectivity index (χ2n) is 5.01. The Morgan fingerprint density at radius 2 is 2.11 bits per heavy atom. The van der Waals surface area contributed by atoms with Gasteiger partial charge in [-0.25, -0.2) is 0 Å². The molecule has 1 aromatic carbocycles. The summed E-state index contributed by atoms with van der Waals surface area (Å²) in [6.45, 7) is 5.79. The van der Waals surface area contributed by atoms with Crippen LogP contribution in [-0.4, -0.2) is 29.9 Å². The quantitative estimate of drug-likeness (QED) is 0.920. The number of halogens is 1. The summed E-state index contributed by atoms with van der Waals surface area (Å²) in [4.78, 5) is 14.4. The fraction of sp³-hybridized carbons (Fsp3) is 0.533. The highest BCUT2D eigenvalue weighted by Crippen LogP contribution is 2.26. The highest BCUT2D eigenvalue weighted by atomic mass is 35.5. The van der Waals surface area contributed by atoms with Crippen molar-refractivity contribution in [1.29, 1.82) is 0 Å². The number of rotatable bonds is 4. The number of hydrogen-bond acceptors (Lipinski definition) is 2. The standard InChI is InChI=1S/C15H21ClN2O/c1-3-17-14-5-4-10-18(15(14)19)11(2)12-6-8-13(16)9-7-12/h6-9,11,14,17H,3-5,10H2,1-2H3. The molecule has 1 amide bonds. The molecule has 19 heavy (non-hydrogen) atoms. The third kappa shape index (κ3) is 3.28. The van der Waals surface area contributed by atoms with Crippen LogP contribution in [0.4, 0.5) is 0 Å². The molecule has 0 bridgehead atoms. The first-order valence-electron chi connectivity index (χ1n) is 6.92. The molecule has 0 aliphatic carbocycles. The molecule has 0 aromatic heterocycles. The summed E-state index contributed by atoms with van der Waals surface area (Å²) in [6.07, 6.45) is 2.00. The first kappa shape index (κ1) is 14.4. The second kappa shape index (κ2) is 6.40. The number of hydrogen-bond donors (Lipinski definition) is 1. The molecular weight excluding hydrogens is 260 g/mol. The predicted molar refractivity (Wildman–Crippen MR) is 78.3 cm³/mol. The Bertz CT molecular complexity index is 430. The van der Waals surface area contributed by atoms with E-state index in [9.17, 15) is 4.79 Å². The SMILES string of the molecule is CCNC1CCCN(C(C)c2ccc(Cl)cc2)C1=O. The molecule has 1 N–H and O–H groups in total. The van der Waals surface area contributed by atoms with Crippen molar-refractivity contribution in [2.75, 3.05) is 13.1 Å². The number of piperidine rings is 1. The summed E-state index contributed by atoms with van der Waals surface area (Å²) in [6, 6.07) is 7.83. The molecule has 0 radical (unpaired) electrons. The monoisotopic (exact) mass is 280 g/mol. The van der Waals surface area contributed by atoms with Crippen LogP contribution in [0.1, 0.15) is 38.3 Å². The molecule has 2 unspecified atom stereocenters. The van der Waals surface area contributed by atoms with E-state index < -0.39 is 0 Å². The summed E-state index contributed by atoms with van der Waals surface area (Å²) in [7, 11) is 0. The Balaban J connectivity index is 2.11. The van der Waals surface area contributed by atoms with Crippen molar-refractivity contribution in [3.05, 3.63) is 34.9 Å². The van der Waals surface area contributed by atoms with Gasteiger partial charge in [0.05, 0.1) is 12.1 Å². The van der Waals surface area contributed by atoms with E-state index in [1.807, 2.05) is 36.1 Å². The summed E-state index contributed by atoms with van der Waals surface area (Å²) in [5, 5.41) is 4.00. The van der Waals surface area contributed by atoms with Gasteiger partial charge in [-0.3, -0.25) is 4.79 Å². The average molecular weight is 281 g/mol. The molecule has 2 atom stereocenters. The number of amides is 1. The minimum Gasteiger partial charge on any atom is -0.335 e. The van der Waals surface area contributed by atoms with Crippen LogP contribution in [0, 0.1) is 0 Å². The van der Waals surface area contributed by atoms with E-state index in [1.165, 1.54) is 0 Å². The molecular formula is C15H21ClN2O. The molecule has 104 valence electrons. The highest BCUT2D eigenvalue weighted by Gasteiger charge is 2.31. The molecule has 0 saturated carbocycles. The zero-order valence-corrected chi connectivity index (χ0v) is 12.3. The lowest BCUT2D eigenvalue weighted by molar-refractivity contribution is -0.138. The zero-order chi connectivity index (χ0) is 13.8. The Morgan fingerprint density at radius 1 is 1.42 bits per heavy atom. The van der Waals surface area contributed by atoms with Gasteiger partial charge in [0, 0.05) is 11.6 Å². The van der Waals surface area contributed by atoms with Crippen LogP contribution < -0.4 is 5.32 Å². The minimum absolute atomic E-state index is 0.0199. The smallest absolute Gasteiger partial charge is 0.240 e. The van der Waals surface area contributed by atoms with Gasteiger partial charge in [-0.1, -0.05) is 30.7 Å². The molecule has 2 rings (SSSR count). The molecule has 4 heteroatoms. The van der Waals surface area contributed by atoms with Gasteiger partial charge >= 0.3 is 0 Å². The van der Waals surface area contributed by atoms with E-state index in [0.717, 1.165) is 36.5 Å². The summed E-state index contributed by atoms with van der Waals surface area (Å²) < 4.78 is 0. The largest absolute Gasteiger partial charge is 0.335 e. The summed E-state index contributed by atoms with van der Waals surface area (Å²) in [5.41, 5.74) is 1.13. The van der Waals surface area contributed by atoms with E-state index in [2.05, 4.69) is 12.2 Å². The molecule has 3 nitrogen and oxygen atoms in total. The van der Waals surface area contributed by atoms with Crippen LogP contribution in [0.5, 0.6) is 0 Å². The van der Waals surface area contributed by atoms with Gasteiger partial charge in [0.15, 0.2) is 0 Å².